The second kappa shape index (κ2) is 11.8. The van der Waals surface area contributed by atoms with Crippen molar-refractivity contribution < 1.29 is 14.3 Å². The largest absolute Gasteiger partial charge is 0.496 e. The molecule has 1 atom stereocenters. The third kappa shape index (κ3) is 6.57. The van der Waals surface area contributed by atoms with Gasteiger partial charge in [-0.15, -0.1) is 0 Å². The molecule has 0 bridgehead atoms. The summed E-state index contributed by atoms with van der Waals surface area (Å²) in [4.78, 5) is 29.3. The number of benzene rings is 2. The number of carbonyl (C=O) groups excluding carboxylic acids is 2. The van der Waals surface area contributed by atoms with Gasteiger partial charge < -0.3 is 15.0 Å². The van der Waals surface area contributed by atoms with E-state index in [1.54, 1.807) is 14.2 Å². The number of nitrogens with one attached hydrogen (secondary N) is 1. The zero-order valence-electron chi connectivity index (χ0n) is 20.3. The van der Waals surface area contributed by atoms with E-state index in [1.807, 2.05) is 43.3 Å². The molecule has 1 heterocycles. The van der Waals surface area contributed by atoms with E-state index in [-0.39, 0.29) is 24.4 Å². The van der Waals surface area contributed by atoms with Crippen LogP contribution in [0.4, 0.5) is 5.69 Å². The van der Waals surface area contributed by atoms with E-state index in [0.29, 0.717) is 5.92 Å². The zero-order chi connectivity index (χ0) is 23.8. The molecule has 1 saturated heterocycles. The quantitative estimate of drug-likeness (QED) is 0.626. The summed E-state index contributed by atoms with van der Waals surface area (Å²) >= 11 is 0. The number of methoxy groups -OCH3 is 1. The van der Waals surface area contributed by atoms with Gasteiger partial charge in [0.1, 0.15) is 5.75 Å². The Bertz CT molecular complexity index is 938. The van der Waals surface area contributed by atoms with Crippen molar-refractivity contribution in [3.05, 3.63) is 59.7 Å². The first-order valence-corrected chi connectivity index (χ1v) is 11.9. The lowest BCUT2D eigenvalue weighted by atomic mass is 9.89. The first-order chi connectivity index (χ1) is 15.9. The van der Waals surface area contributed by atoms with Gasteiger partial charge in [0.2, 0.25) is 11.8 Å². The number of amides is 2. The van der Waals surface area contributed by atoms with Crippen molar-refractivity contribution in [1.82, 2.24) is 9.80 Å². The lowest BCUT2D eigenvalue weighted by Gasteiger charge is -2.36. The van der Waals surface area contributed by atoms with Crippen molar-refractivity contribution in [2.75, 3.05) is 39.1 Å². The number of ether oxygens (including phenoxy) is 1. The van der Waals surface area contributed by atoms with Crippen molar-refractivity contribution in [3.63, 3.8) is 0 Å². The molecule has 0 aliphatic carbocycles. The summed E-state index contributed by atoms with van der Waals surface area (Å²) in [5, 5.41) is 2.95. The standard InChI is InChI=1S/C27H37N3O3/c1-5-22-10-6-8-12-24(22)28-26(31)19-29(3)27(32)20(2)30-16-14-21(15-17-30)18-23-11-7-9-13-25(23)33-4/h6-13,20-21H,5,14-19H2,1-4H3,(H,28,31). The SMILES string of the molecule is CCc1ccccc1NC(=O)CN(C)C(=O)C(C)N1CCC(Cc2ccccc2OC)CC1. The molecular formula is C27H37N3O3. The van der Waals surface area contributed by atoms with Gasteiger partial charge in [-0.25, -0.2) is 0 Å². The molecule has 2 amide bonds. The van der Waals surface area contributed by atoms with Gasteiger partial charge >= 0.3 is 0 Å². The number of hydrogen-bond donors (Lipinski definition) is 1. The molecule has 0 saturated carbocycles. The summed E-state index contributed by atoms with van der Waals surface area (Å²) in [5.41, 5.74) is 3.15. The van der Waals surface area contributed by atoms with E-state index in [2.05, 4.69) is 29.3 Å². The van der Waals surface area contributed by atoms with E-state index in [4.69, 9.17) is 4.74 Å². The van der Waals surface area contributed by atoms with Crippen LogP contribution in [-0.4, -0.2) is 61.4 Å². The van der Waals surface area contributed by atoms with Gasteiger partial charge in [0.05, 0.1) is 19.7 Å². The fraction of sp³-hybridized carbons (Fsp3) is 0.481. The molecule has 33 heavy (non-hydrogen) atoms. The van der Waals surface area contributed by atoms with Gasteiger partial charge in [-0.3, -0.25) is 14.5 Å². The molecule has 1 aliphatic heterocycles. The second-order valence-electron chi connectivity index (χ2n) is 8.92. The highest BCUT2D eigenvalue weighted by atomic mass is 16.5. The molecule has 2 aromatic rings. The highest BCUT2D eigenvalue weighted by Gasteiger charge is 2.29. The van der Waals surface area contributed by atoms with Crippen molar-refractivity contribution in [2.24, 2.45) is 5.92 Å². The number of anilines is 1. The molecule has 178 valence electrons. The molecule has 1 N–H and O–H groups in total. The summed E-state index contributed by atoms with van der Waals surface area (Å²) in [6.45, 7) is 5.82. The molecule has 0 aromatic heterocycles. The molecule has 0 spiro atoms. The minimum absolute atomic E-state index is 0.0166. The third-order valence-electron chi connectivity index (χ3n) is 6.68. The number of rotatable bonds is 9. The first-order valence-electron chi connectivity index (χ1n) is 11.9. The van der Waals surface area contributed by atoms with Gasteiger partial charge in [-0.05, 0) is 74.9 Å². The number of carbonyl (C=O) groups is 2. The Hall–Kier alpha value is -2.86. The van der Waals surface area contributed by atoms with Crippen LogP contribution in [0.1, 0.15) is 37.8 Å². The van der Waals surface area contributed by atoms with Gasteiger partial charge in [-0.1, -0.05) is 43.3 Å². The number of piperidine rings is 1. The monoisotopic (exact) mass is 451 g/mol. The highest BCUT2D eigenvalue weighted by Crippen LogP contribution is 2.27. The van der Waals surface area contributed by atoms with E-state index >= 15 is 0 Å². The molecule has 2 aromatic carbocycles. The Morgan fingerprint density at radius 3 is 2.39 bits per heavy atom. The number of hydrogen-bond acceptors (Lipinski definition) is 4. The highest BCUT2D eigenvalue weighted by molar-refractivity contribution is 5.95. The van der Waals surface area contributed by atoms with Crippen LogP contribution in [-0.2, 0) is 22.4 Å². The van der Waals surface area contributed by atoms with Crippen LogP contribution in [0.5, 0.6) is 5.75 Å². The van der Waals surface area contributed by atoms with E-state index in [9.17, 15) is 9.59 Å². The molecule has 1 unspecified atom stereocenters. The van der Waals surface area contributed by atoms with Gasteiger partial charge in [0.25, 0.3) is 0 Å². The van der Waals surface area contributed by atoms with Crippen molar-refractivity contribution in [3.8, 4) is 5.75 Å². The lowest BCUT2D eigenvalue weighted by Crippen LogP contribution is -2.50. The van der Waals surface area contributed by atoms with Crippen LogP contribution in [0, 0.1) is 5.92 Å². The number of likely N-dealkylation sites (N-methyl/N-ethyl adjacent to an activating group) is 1. The average molecular weight is 452 g/mol. The Morgan fingerprint density at radius 1 is 1.09 bits per heavy atom. The van der Waals surface area contributed by atoms with Gasteiger partial charge in [0.15, 0.2) is 0 Å². The van der Waals surface area contributed by atoms with Crippen LogP contribution in [0.2, 0.25) is 0 Å². The Balaban J connectivity index is 1.48. The summed E-state index contributed by atoms with van der Waals surface area (Å²) in [6.07, 6.45) is 3.94. The maximum Gasteiger partial charge on any atom is 0.243 e. The van der Waals surface area contributed by atoms with E-state index in [0.717, 1.165) is 55.8 Å². The Labute approximate surface area is 197 Å². The molecule has 1 fully saturated rings. The first kappa shape index (κ1) is 24.8. The van der Waals surface area contributed by atoms with Gasteiger partial charge in [-0.2, -0.15) is 0 Å². The van der Waals surface area contributed by atoms with Crippen molar-refractivity contribution >= 4 is 17.5 Å². The van der Waals surface area contributed by atoms with Crippen LogP contribution in [0.3, 0.4) is 0 Å². The minimum Gasteiger partial charge on any atom is -0.496 e. The van der Waals surface area contributed by atoms with Gasteiger partial charge in [0, 0.05) is 12.7 Å². The van der Waals surface area contributed by atoms with Crippen LogP contribution in [0.25, 0.3) is 0 Å². The van der Waals surface area contributed by atoms with Crippen molar-refractivity contribution in [2.45, 2.75) is 45.6 Å². The summed E-state index contributed by atoms with van der Waals surface area (Å²) < 4.78 is 5.49. The topological polar surface area (TPSA) is 61.9 Å². The smallest absolute Gasteiger partial charge is 0.243 e. The second-order valence-corrected chi connectivity index (χ2v) is 8.92. The molecule has 0 radical (unpaired) electrons. The number of nitrogens with zero attached hydrogens (tertiary/aromatic N) is 2. The molecule has 3 rings (SSSR count). The van der Waals surface area contributed by atoms with E-state index in [1.165, 1.54) is 10.5 Å². The Kier molecular flexibility index (Phi) is 8.89. The predicted molar refractivity (Wildman–Crippen MR) is 133 cm³/mol. The van der Waals surface area contributed by atoms with E-state index < -0.39 is 0 Å². The fourth-order valence-electron chi connectivity index (χ4n) is 4.64. The molecule has 1 aliphatic rings. The van der Waals surface area contributed by atoms with Crippen LogP contribution < -0.4 is 10.1 Å². The Morgan fingerprint density at radius 2 is 1.73 bits per heavy atom. The molecule has 6 nitrogen and oxygen atoms in total. The van der Waals surface area contributed by atoms with Crippen molar-refractivity contribution in [1.29, 1.82) is 0 Å². The van der Waals surface area contributed by atoms with Crippen LogP contribution in [0.15, 0.2) is 48.5 Å². The third-order valence-corrected chi connectivity index (χ3v) is 6.68. The maximum atomic E-state index is 13.0. The minimum atomic E-state index is -0.238. The normalized spacial score (nSPS) is 15.6. The van der Waals surface area contributed by atoms with Crippen LogP contribution >= 0.6 is 0 Å². The predicted octanol–water partition coefficient (Wildman–Crippen LogP) is 4.00. The lowest BCUT2D eigenvalue weighted by molar-refractivity contribution is -0.138. The molecular weight excluding hydrogens is 414 g/mol. The number of likely N-dealkylation sites (tertiary alicyclic amines) is 1. The summed E-state index contributed by atoms with van der Waals surface area (Å²) in [6, 6.07) is 15.7. The summed E-state index contributed by atoms with van der Waals surface area (Å²) in [7, 11) is 3.42. The number of aryl methyl sites for hydroxylation is 1. The molecule has 6 heteroatoms. The maximum absolute atomic E-state index is 13.0. The zero-order valence-corrected chi connectivity index (χ0v) is 20.3. The summed E-state index contributed by atoms with van der Waals surface area (Å²) in [5.74, 6) is 1.35. The number of para-hydroxylation sites is 2. The fourth-order valence-corrected chi connectivity index (χ4v) is 4.64. The average Bonchev–Trinajstić information content (AvgIpc) is 2.84.